The van der Waals surface area contributed by atoms with Crippen LogP contribution in [-0.4, -0.2) is 37.8 Å². The minimum absolute atomic E-state index is 0. The fourth-order valence-corrected chi connectivity index (χ4v) is 2.02. The molecular formula is C14H22IN3O4. The van der Waals surface area contributed by atoms with Crippen LogP contribution in [0.1, 0.15) is 36.1 Å². The average molecular weight is 423 g/mol. The number of nitrogens with two attached hydrogens (primary N) is 1. The number of hydrogen-bond donors (Lipinski definition) is 2. The van der Waals surface area contributed by atoms with E-state index in [0.717, 1.165) is 19.4 Å². The second-order valence-electron chi connectivity index (χ2n) is 4.70. The van der Waals surface area contributed by atoms with Crippen LogP contribution in [-0.2, 0) is 16.0 Å². The number of rotatable bonds is 6. The van der Waals surface area contributed by atoms with Gasteiger partial charge in [0.25, 0.3) is 0 Å². The van der Waals surface area contributed by atoms with Crippen molar-refractivity contribution in [3.8, 4) is 0 Å². The lowest BCUT2D eigenvalue weighted by Crippen LogP contribution is -2.37. The van der Waals surface area contributed by atoms with Gasteiger partial charge in [-0.15, -0.1) is 24.0 Å². The fraction of sp³-hybridized carbons (Fsp3) is 0.571. The number of aliphatic imine (C=N–C) groups is 1. The Bertz CT molecular complexity index is 498. The predicted octanol–water partition coefficient (Wildman–Crippen LogP) is 1.66. The molecular weight excluding hydrogens is 401 g/mol. The predicted molar refractivity (Wildman–Crippen MR) is 92.4 cm³/mol. The Morgan fingerprint density at radius 1 is 1.55 bits per heavy atom. The third-order valence-electron chi connectivity index (χ3n) is 3.08. The zero-order valence-corrected chi connectivity index (χ0v) is 14.9. The van der Waals surface area contributed by atoms with E-state index in [1.807, 2.05) is 0 Å². The van der Waals surface area contributed by atoms with Crippen LogP contribution >= 0.6 is 24.0 Å². The average Bonchev–Trinajstić information content (AvgIpc) is 3.14. The third kappa shape index (κ3) is 5.84. The van der Waals surface area contributed by atoms with E-state index in [0.29, 0.717) is 24.9 Å². The molecule has 0 bridgehead atoms. The molecule has 1 aliphatic heterocycles. The van der Waals surface area contributed by atoms with Crippen LogP contribution in [0.2, 0.25) is 0 Å². The van der Waals surface area contributed by atoms with Gasteiger partial charge >= 0.3 is 5.97 Å². The highest BCUT2D eigenvalue weighted by molar-refractivity contribution is 14.0. The summed E-state index contributed by atoms with van der Waals surface area (Å²) in [7, 11) is 0. The number of carbonyl (C=O) groups is 1. The van der Waals surface area contributed by atoms with Gasteiger partial charge < -0.3 is 24.9 Å². The number of esters is 1. The van der Waals surface area contributed by atoms with E-state index in [2.05, 4.69) is 10.3 Å². The molecule has 22 heavy (non-hydrogen) atoms. The van der Waals surface area contributed by atoms with Crippen molar-refractivity contribution in [2.45, 2.75) is 32.4 Å². The lowest BCUT2D eigenvalue weighted by Gasteiger charge is -2.10. The quantitative estimate of drug-likeness (QED) is 0.313. The topological polar surface area (TPSA) is 99.1 Å². The van der Waals surface area contributed by atoms with Crippen LogP contribution in [0.25, 0.3) is 0 Å². The molecule has 1 atom stereocenters. The van der Waals surface area contributed by atoms with Crippen molar-refractivity contribution in [3.05, 3.63) is 23.7 Å². The largest absolute Gasteiger partial charge is 0.460 e. The van der Waals surface area contributed by atoms with Gasteiger partial charge in [0.1, 0.15) is 12.3 Å². The van der Waals surface area contributed by atoms with E-state index in [1.165, 1.54) is 0 Å². The molecule has 0 saturated carbocycles. The summed E-state index contributed by atoms with van der Waals surface area (Å²) < 4.78 is 15.7. The van der Waals surface area contributed by atoms with Gasteiger partial charge in [0.05, 0.1) is 12.7 Å². The van der Waals surface area contributed by atoms with E-state index < -0.39 is 5.97 Å². The van der Waals surface area contributed by atoms with Gasteiger partial charge in [0.15, 0.2) is 5.96 Å². The Labute approximate surface area is 146 Å². The van der Waals surface area contributed by atoms with Gasteiger partial charge in [0, 0.05) is 13.2 Å². The Morgan fingerprint density at radius 2 is 2.36 bits per heavy atom. The highest BCUT2D eigenvalue weighted by Gasteiger charge is 2.15. The number of ether oxygens (including phenoxy) is 2. The van der Waals surface area contributed by atoms with Crippen LogP contribution in [0.5, 0.6) is 0 Å². The fourth-order valence-electron chi connectivity index (χ4n) is 2.02. The molecule has 2 heterocycles. The summed E-state index contributed by atoms with van der Waals surface area (Å²) >= 11 is 0. The molecule has 1 saturated heterocycles. The molecule has 1 aliphatic rings. The number of guanidine groups is 1. The first kappa shape index (κ1) is 18.8. The zero-order chi connectivity index (χ0) is 15.1. The molecule has 0 radical (unpaired) electrons. The number of nitrogens with zero attached hydrogens (tertiary/aromatic N) is 1. The molecule has 0 amide bonds. The molecule has 1 unspecified atom stereocenters. The van der Waals surface area contributed by atoms with Crippen LogP contribution in [0, 0.1) is 0 Å². The van der Waals surface area contributed by atoms with E-state index in [4.69, 9.17) is 19.6 Å². The molecule has 1 aromatic heterocycles. The molecule has 3 N–H and O–H groups in total. The maximum atomic E-state index is 11.4. The second kappa shape index (κ2) is 9.67. The first-order valence-electron chi connectivity index (χ1n) is 7.10. The van der Waals surface area contributed by atoms with Gasteiger partial charge in [-0.05, 0) is 31.9 Å². The van der Waals surface area contributed by atoms with Crippen molar-refractivity contribution in [1.82, 2.24) is 5.32 Å². The minimum Gasteiger partial charge on any atom is -0.460 e. The molecule has 0 aromatic carbocycles. The van der Waals surface area contributed by atoms with Gasteiger partial charge in [-0.3, -0.25) is 0 Å². The Morgan fingerprint density at radius 3 is 3.05 bits per heavy atom. The summed E-state index contributed by atoms with van der Waals surface area (Å²) in [5, 5.41) is 3.01. The van der Waals surface area contributed by atoms with Gasteiger partial charge in [-0.25, -0.2) is 9.79 Å². The first-order chi connectivity index (χ1) is 10.2. The molecule has 0 spiro atoms. The number of hydrogen-bond acceptors (Lipinski definition) is 5. The number of carbonyl (C=O) groups excluding carboxylic acids is 1. The summed E-state index contributed by atoms with van der Waals surface area (Å²) in [6, 6.07) is 3.25. The lowest BCUT2D eigenvalue weighted by molar-refractivity contribution is 0.0488. The molecule has 2 rings (SSSR count). The van der Waals surface area contributed by atoms with Crippen LogP contribution < -0.4 is 11.1 Å². The molecule has 1 fully saturated rings. The minimum atomic E-state index is -0.475. The van der Waals surface area contributed by atoms with E-state index in [-0.39, 0.29) is 42.4 Å². The maximum Gasteiger partial charge on any atom is 0.374 e. The van der Waals surface area contributed by atoms with Crippen molar-refractivity contribution >= 4 is 35.9 Å². The summed E-state index contributed by atoms with van der Waals surface area (Å²) in [5.41, 5.74) is 5.76. The first-order valence-corrected chi connectivity index (χ1v) is 7.10. The van der Waals surface area contributed by atoms with Crippen LogP contribution in [0.3, 0.4) is 0 Å². The highest BCUT2D eigenvalue weighted by atomic mass is 127. The Hall–Kier alpha value is -1.29. The van der Waals surface area contributed by atoms with Crippen LogP contribution in [0.4, 0.5) is 0 Å². The van der Waals surface area contributed by atoms with E-state index >= 15 is 0 Å². The summed E-state index contributed by atoms with van der Waals surface area (Å²) in [5.74, 6) is 0.588. The molecule has 1 aromatic rings. The van der Waals surface area contributed by atoms with Gasteiger partial charge in [-0.2, -0.15) is 0 Å². The SMILES string of the molecule is CCOC(=O)c1ccc(CN=C(N)NCC2CCCO2)o1.I. The Kier molecular flexibility index (Phi) is 8.25. The van der Waals surface area contributed by atoms with Crippen LogP contribution in [0.15, 0.2) is 21.5 Å². The highest BCUT2D eigenvalue weighted by Crippen LogP contribution is 2.11. The monoisotopic (exact) mass is 423 g/mol. The number of nitrogens with one attached hydrogen (secondary N) is 1. The number of furan rings is 1. The smallest absolute Gasteiger partial charge is 0.374 e. The normalized spacial score (nSPS) is 17.9. The van der Waals surface area contributed by atoms with E-state index in [1.54, 1.807) is 19.1 Å². The van der Waals surface area contributed by atoms with Crippen molar-refractivity contribution in [3.63, 3.8) is 0 Å². The van der Waals surface area contributed by atoms with E-state index in [9.17, 15) is 4.79 Å². The van der Waals surface area contributed by atoms with Gasteiger partial charge in [0.2, 0.25) is 5.76 Å². The zero-order valence-electron chi connectivity index (χ0n) is 12.5. The van der Waals surface area contributed by atoms with Crippen molar-refractivity contribution in [2.24, 2.45) is 10.7 Å². The lowest BCUT2D eigenvalue weighted by atomic mass is 10.2. The summed E-state index contributed by atoms with van der Waals surface area (Å²) in [6.07, 6.45) is 2.34. The van der Waals surface area contributed by atoms with Crippen molar-refractivity contribution in [2.75, 3.05) is 19.8 Å². The Balaban J connectivity index is 0.00000242. The summed E-state index contributed by atoms with van der Waals surface area (Å²) in [6.45, 7) is 3.79. The molecule has 8 heteroatoms. The maximum absolute atomic E-state index is 11.4. The number of halogens is 1. The molecule has 124 valence electrons. The molecule has 0 aliphatic carbocycles. The second-order valence-corrected chi connectivity index (χ2v) is 4.70. The van der Waals surface area contributed by atoms with Gasteiger partial charge in [-0.1, -0.05) is 0 Å². The van der Waals surface area contributed by atoms with Crippen molar-refractivity contribution in [1.29, 1.82) is 0 Å². The standard InChI is InChI=1S/C14H21N3O4.HI/c1-2-19-13(18)12-6-5-11(21-12)9-17-14(15)16-8-10-4-3-7-20-10;/h5-6,10H,2-4,7-9H2,1H3,(H3,15,16,17);1H. The third-order valence-corrected chi connectivity index (χ3v) is 3.08. The van der Waals surface area contributed by atoms with Crippen molar-refractivity contribution < 1.29 is 18.7 Å². The molecule has 7 nitrogen and oxygen atoms in total. The summed E-state index contributed by atoms with van der Waals surface area (Å²) in [4.78, 5) is 15.6.